The summed E-state index contributed by atoms with van der Waals surface area (Å²) < 4.78 is 11.2. The lowest BCUT2D eigenvalue weighted by molar-refractivity contribution is -0.141. The van der Waals surface area contributed by atoms with Crippen molar-refractivity contribution in [2.75, 3.05) is 32.9 Å². The van der Waals surface area contributed by atoms with Gasteiger partial charge < -0.3 is 19.7 Å². The fourth-order valence-corrected chi connectivity index (χ4v) is 4.05. The van der Waals surface area contributed by atoms with Crippen LogP contribution in [0.4, 0.5) is 0 Å². The SMILES string of the molecule is O=C(COC[C@H]1CCCO1)N1CCCC[C@H]1c1ncc2c(n1)CCNC2. The van der Waals surface area contributed by atoms with Gasteiger partial charge in [-0.2, -0.15) is 0 Å². The lowest BCUT2D eigenvalue weighted by Gasteiger charge is -2.35. The van der Waals surface area contributed by atoms with E-state index in [2.05, 4.69) is 10.3 Å². The van der Waals surface area contributed by atoms with Crippen LogP contribution in [0, 0.1) is 0 Å². The molecule has 4 heterocycles. The molecule has 0 radical (unpaired) electrons. The van der Waals surface area contributed by atoms with Crippen molar-refractivity contribution in [1.82, 2.24) is 20.2 Å². The van der Waals surface area contributed by atoms with E-state index in [1.165, 1.54) is 5.56 Å². The summed E-state index contributed by atoms with van der Waals surface area (Å²) in [5, 5.41) is 3.34. The summed E-state index contributed by atoms with van der Waals surface area (Å²) in [6.45, 7) is 3.97. The van der Waals surface area contributed by atoms with Gasteiger partial charge in [-0.25, -0.2) is 9.97 Å². The van der Waals surface area contributed by atoms with E-state index in [0.29, 0.717) is 6.61 Å². The minimum atomic E-state index is -0.0252. The van der Waals surface area contributed by atoms with Crippen LogP contribution in [0.5, 0.6) is 0 Å². The topological polar surface area (TPSA) is 76.6 Å². The number of nitrogens with one attached hydrogen (secondary N) is 1. The summed E-state index contributed by atoms with van der Waals surface area (Å²) in [7, 11) is 0. The van der Waals surface area contributed by atoms with Crippen molar-refractivity contribution >= 4 is 5.91 Å². The molecule has 0 aliphatic carbocycles. The number of ether oxygens (including phenoxy) is 2. The predicted octanol–water partition coefficient (Wildman–Crippen LogP) is 1.37. The second kappa shape index (κ2) is 8.41. The van der Waals surface area contributed by atoms with E-state index in [0.717, 1.165) is 76.3 Å². The van der Waals surface area contributed by atoms with Gasteiger partial charge >= 0.3 is 0 Å². The van der Waals surface area contributed by atoms with E-state index in [9.17, 15) is 4.79 Å². The van der Waals surface area contributed by atoms with Crippen molar-refractivity contribution in [2.45, 2.75) is 57.2 Å². The second-order valence-corrected chi connectivity index (χ2v) is 7.38. The molecule has 142 valence electrons. The average molecular weight is 360 g/mol. The molecule has 2 atom stereocenters. The van der Waals surface area contributed by atoms with Crippen molar-refractivity contribution in [2.24, 2.45) is 0 Å². The normalized spacial score (nSPS) is 25.9. The second-order valence-electron chi connectivity index (χ2n) is 7.38. The van der Waals surface area contributed by atoms with Crippen LogP contribution in [0.3, 0.4) is 0 Å². The maximum Gasteiger partial charge on any atom is 0.249 e. The Hall–Kier alpha value is -1.57. The number of rotatable bonds is 5. The first-order valence-electron chi connectivity index (χ1n) is 9.85. The zero-order valence-corrected chi connectivity index (χ0v) is 15.3. The zero-order chi connectivity index (χ0) is 17.8. The van der Waals surface area contributed by atoms with Crippen LogP contribution in [0.1, 0.15) is 55.2 Å². The van der Waals surface area contributed by atoms with Crippen LogP contribution in [0.25, 0.3) is 0 Å². The Morgan fingerprint density at radius 1 is 1.35 bits per heavy atom. The number of carbonyl (C=O) groups excluding carboxylic acids is 1. The van der Waals surface area contributed by atoms with Gasteiger partial charge in [0.05, 0.1) is 18.8 Å². The highest BCUT2D eigenvalue weighted by Gasteiger charge is 2.31. The summed E-state index contributed by atoms with van der Waals surface area (Å²) in [5.74, 6) is 0.827. The predicted molar refractivity (Wildman–Crippen MR) is 95.5 cm³/mol. The minimum absolute atomic E-state index is 0.0252. The maximum absolute atomic E-state index is 12.7. The van der Waals surface area contributed by atoms with Gasteiger partial charge in [0.2, 0.25) is 5.91 Å². The number of carbonyl (C=O) groups is 1. The van der Waals surface area contributed by atoms with Gasteiger partial charge in [-0.05, 0) is 32.1 Å². The fourth-order valence-electron chi connectivity index (χ4n) is 4.05. The van der Waals surface area contributed by atoms with Gasteiger partial charge in [0, 0.05) is 50.1 Å². The lowest BCUT2D eigenvalue weighted by Crippen LogP contribution is -2.41. The van der Waals surface area contributed by atoms with Crippen LogP contribution < -0.4 is 5.32 Å². The highest BCUT2D eigenvalue weighted by molar-refractivity contribution is 5.78. The van der Waals surface area contributed by atoms with E-state index in [4.69, 9.17) is 14.5 Å². The van der Waals surface area contributed by atoms with Crippen LogP contribution >= 0.6 is 0 Å². The molecule has 3 aliphatic heterocycles. The van der Waals surface area contributed by atoms with Crippen molar-refractivity contribution in [3.63, 3.8) is 0 Å². The molecule has 1 aromatic rings. The van der Waals surface area contributed by atoms with E-state index < -0.39 is 0 Å². The smallest absolute Gasteiger partial charge is 0.249 e. The molecular weight excluding hydrogens is 332 g/mol. The molecule has 7 heteroatoms. The summed E-state index contributed by atoms with van der Waals surface area (Å²) in [6.07, 6.45) is 8.17. The van der Waals surface area contributed by atoms with Gasteiger partial charge in [0.25, 0.3) is 0 Å². The van der Waals surface area contributed by atoms with Gasteiger partial charge in [-0.15, -0.1) is 0 Å². The zero-order valence-electron chi connectivity index (χ0n) is 15.3. The maximum atomic E-state index is 12.7. The summed E-state index contributed by atoms with van der Waals surface area (Å²) >= 11 is 0. The number of fused-ring (bicyclic) bond motifs is 1. The van der Waals surface area contributed by atoms with Crippen molar-refractivity contribution in [3.05, 3.63) is 23.3 Å². The Bertz CT molecular complexity index is 633. The number of hydrogen-bond donors (Lipinski definition) is 1. The van der Waals surface area contributed by atoms with Crippen LogP contribution in [-0.4, -0.2) is 59.8 Å². The minimum Gasteiger partial charge on any atom is -0.376 e. The first-order chi connectivity index (χ1) is 12.8. The van der Waals surface area contributed by atoms with Crippen LogP contribution in [0.15, 0.2) is 6.20 Å². The van der Waals surface area contributed by atoms with E-state index in [1.807, 2.05) is 11.1 Å². The molecule has 2 fully saturated rings. The van der Waals surface area contributed by atoms with Crippen molar-refractivity contribution in [3.8, 4) is 0 Å². The Morgan fingerprint density at radius 2 is 2.31 bits per heavy atom. The van der Waals surface area contributed by atoms with Crippen LogP contribution in [0.2, 0.25) is 0 Å². The summed E-state index contributed by atoms with van der Waals surface area (Å²) in [6, 6.07) is -0.0252. The van der Waals surface area contributed by atoms with Gasteiger partial charge in [-0.3, -0.25) is 4.79 Å². The molecule has 1 N–H and O–H groups in total. The third-order valence-electron chi connectivity index (χ3n) is 5.50. The number of hydrogen-bond acceptors (Lipinski definition) is 6. The largest absolute Gasteiger partial charge is 0.376 e. The molecule has 0 unspecified atom stereocenters. The molecule has 0 spiro atoms. The number of piperidine rings is 1. The Balaban J connectivity index is 1.40. The molecule has 0 aromatic carbocycles. The molecule has 0 saturated carbocycles. The van der Waals surface area contributed by atoms with E-state index in [1.54, 1.807) is 0 Å². The third kappa shape index (κ3) is 4.05. The van der Waals surface area contributed by atoms with E-state index in [-0.39, 0.29) is 24.7 Å². The Labute approximate surface area is 154 Å². The molecule has 7 nitrogen and oxygen atoms in total. The molecule has 26 heavy (non-hydrogen) atoms. The average Bonchev–Trinajstić information content (AvgIpc) is 3.21. The Morgan fingerprint density at radius 3 is 3.19 bits per heavy atom. The molecule has 4 rings (SSSR count). The summed E-state index contributed by atoms with van der Waals surface area (Å²) in [4.78, 5) is 24.1. The molecule has 0 bridgehead atoms. The number of nitrogens with zero attached hydrogens (tertiary/aromatic N) is 3. The highest BCUT2D eigenvalue weighted by Crippen LogP contribution is 2.29. The summed E-state index contributed by atoms with van der Waals surface area (Å²) in [5.41, 5.74) is 2.30. The third-order valence-corrected chi connectivity index (χ3v) is 5.50. The lowest BCUT2D eigenvalue weighted by atomic mass is 10.0. The fraction of sp³-hybridized carbons (Fsp3) is 0.737. The van der Waals surface area contributed by atoms with Crippen molar-refractivity contribution < 1.29 is 14.3 Å². The number of amides is 1. The van der Waals surface area contributed by atoms with Crippen LogP contribution in [-0.2, 0) is 27.2 Å². The van der Waals surface area contributed by atoms with Crippen molar-refractivity contribution in [1.29, 1.82) is 0 Å². The highest BCUT2D eigenvalue weighted by atomic mass is 16.5. The van der Waals surface area contributed by atoms with Gasteiger partial charge in [-0.1, -0.05) is 0 Å². The van der Waals surface area contributed by atoms with E-state index >= 15 is 0 Å². The standard InChI is InChI=1S/C19H28N4O3/c24-18(13-25-12-15-4-3-9-26-15)23-8-2-1-5-17(23)19-21-11-14-10-20-7-6-16(14)22-19/h11,15,17,20H,1-10,12-13H2/t15-,17+/m1/s1. The monoisotopic (exact) mass is 360 g/mol. The molecule has 1 aromatic heterocycles. The van der Waals surface area contributed by atoms with Gasteiger partial charge in [0.1, 0.15) is 6.61 Å². The molecule has 2 saturated heterocycles. The number of likely N-dealkylation sites (tertiary alicyclic amines) is 1. The molecular formula is C19H28N4O3. The molecule has 1 amide bonds. The number of aromatic nitrogens is 2. The first-order valence-corrected chi connectivity index (χ1v) is 9.85. The van der Waals surface area contributed by atoms with Gasteiger partial charge in [0.15, 0.2) is 5.82 Å². The quantitative estimate of drug-likeness (QED) is 0.855. The molecule has 3 aliphatic rings. The first kappa shape index (κ1) is 17.8. The Kier molecular flexibility index (Phi) is 5.77.